The van der Waals surface area contributed by atoms with Gasteiger partial charge in [0.05, 0.1) is 5.69 Å². The highest BCUT2D eigenvalue weighted by Crippen LogP contribution is 2.36. The Morgan fingerprint density at radius 3 is 2.17 bits per heavy atom. The van der Waals surface area contributed by atoms with E-state index in [1.807, 2.05) is 54.3 Å². The molecule has 0 heterocycles. The lowest BCUT2D eigenvalue weighted by Crippen LogP contribution is -2.33. The Bertz CT molecular complexity index is 670. The molecule has 0 unspecified atom stereocenters. The maximum atomic E-state index is 13.2. The topological polar surface area (TPSA) is 20.3 Å². The van der Waals surface area contributed by atoms with Crippen LogP contribution in [0, 0.1) is 5.92 Å². The molecular formula is C22H29NO. The molecule has 2 aromatic carbocycles. The van der Waals surface area contributed by atoms with Crippen LogP contribution in [0.4, 0.5) is 11.4 Å². The van der Waals surface area contributed by atoms with Gasteiger partial charge in [0.25, 0.3) is 0 Å². The number of hydrogen-bond acceptors (Lipinski definition) is 1. The van der Waals surface area contributed by atoms with Crippen molar-refractivity contribution in [3.63, 3.8) is 0 Å². The van der Waals surface area contributed by atoms with E-state index >= 15 is 0 Å². The average Bonchev–Trinajstić information content (AvgIpc) is 2.56. The molecule has 1 amide bonds. The van der Waals surface area contributed by atoms with Crippen LogP contribution >= 0.6 is 0 Å². The van der Waals surface area contributed by atoms with E-state index in [0.29, 0.717) is 0 Å². The molecule has 1 atom stereocenters. The van der Waals surface area contributed by atoms with Crippen LogP contribution in [0.25, 0.3) is 0 Å². The lowest BCUT2D eigenvalue weighted by Gasteiger charge is -2.32. The summed E-state index contributed by atoms with van der Waals surface area (Å²) in [6.07, 6.45) is 1.91. The molecule has 0 radical (unpaired) electrons. The minimum absolute atomic E-state index is 0.00299. The molecule has 0 fully saturated rings. The third-order valence-electron chi connectivity index (χ3n) is 4.33. The first-order valence-corrected chi connectivity index (χ1v) is 8.84. The summed E-state index contributed by atoms with van der Waals surface area (Å²) in [6.45, 7) is 10.7. The number of amides is 1. The molecule has 0 bridgehead atoms. The zero-order valence-electron chi connectivity index (χ0n) is 15.5. The zero-order chi connectivity index (χ0) is 17.7. The molecule has 0 saturated carbocycles. The number of hydrogen-bond donors (Lipinski definition) is 0. The van der Waals surface area contributed by atoms with Gasteiger partial charge in [-0.25, -0.2) is 0 Å². The Labute approximate surface area is 146 Å². The molecule has 0 aliphatic carbocycles. The summed E-state index contributed by atoms with van der Waals surface area (Å²) < 4.78 is 0. The third-order valence-corrected chi connectivity index (χ3v) is 4.33. The molecule has 0 spiro atoms. The molecule has 128 valence electrons. The minimum Gasteiger partial charge on any atom is -0.281 e. The molecule has 0 aliphatic rings. The smallest absolute Gasteiger partial charge is 0.234 e. The van der Waals surface area contributed by atoms with E-state index in [4.69, 9.17) is 0 Å². The van der Waals surface area contributed by atoms with Crippen LogP contribution in [0.3, 0.4) is 0 Å². The van der Waals surface area contributed by atoms with Crippen molar-refractivity contribution >= 4 is 17.3 Å². The van der Waals surface area contributed by atoms with Crippen molar-refractivity contribution in [2.45, 2.75) is 52.9 Å². The first-order valence-electron chi connectivity index (χ1n) is 8.84. The molecular weight excluding hydrogens is 294 g/mol. The molecule has 2 nitrogen and oxygen atoms in total. The average molecular weight is 323 g/mol. The molecule has 0 saturated heterocycles. The Hall–Kier alpha value is -2.09. The third kappa shape index (κ3) is 4.05. The SMILES string of the molecule is CCC[C@@H](C)C(=O)N(c1ccccc1)c1ccccc1C(C)(C)C. The first-order chi connectivity index (χ1) is 11.4. The van der Waals surface area contributed by atoms with E-state index < -0.39 is 0 Å². The Morgan fingerprint density at radius 1 is 1.00 bits per heavy atom. The lowest BCUT2D eigenvalue weighted by atomic mass is 9.85. The van der Waals surface area contributed by atoms with Gasteiger partial charge in [-0.05, 0) is 35.6 Å². The molecule has 2 rings (SSSR count). The number of anilines is 2. The summed E-state index contributed by atoms with van der Waals surface area (Å²) in [5.41, 5.74) is 3.08. The van der Waals surface area contributed by atoms with Gasteiger partial charge in [0.15, 0.2) is 0 Å². The van der Waals surface area contributed by atoms with Crippen molar-refractivity contribution in [2.24, 2.45) is 5.92 Å². The van der Waals surface area contributed by atoms with E-state index in [1.165, 1.54) is 5.56 Å². The van der Waals surface area contributed by atoms with Crippen molar-refractivity contribution in [2.75, 3.05) is 4.90 Å². The summed E-state index contributed by atoms with van der Waals surface area (Å²) >= 11 is 0. The molecule has 2 aromatic rings. The molecule has 0 N–H and O–H groups in total. The summed E-state index contributed by atoms with van der Waals surface area (Å²) in [6, 6.07) is 18.2. The predicted octanol–water partition coefficient (Wildman–Crippen LogP) is 6.09. The summed E-state index contributed by atoms with van der Waals surface area (Å²) in [4.78, 5) is 15.1. The molecule has 0 aromatic heterocycles. The van der Waals surface area contributed by atoms with E-state index in [2.05, 4.69) is 39.8 Å². The van der Waals surface area contributed by atoms with Gasteiger partial charge >= 0.3 is 0 Å². The van der Waals surface area contributed by atoms with Crippen LogP contribution in [0.5, 0.6) is 0 Å². The Kier molecular flexibility index (Phi) is 5.82. The number of nitrogens with zero attached hydrogens (tertiary/aromatic N) is 1. The van der Waals surface area contributed by atoms with Crippen molar-refractivity contribution in [1.82, 2.24) is 0 Å². The van der Waals surface area contributed by atoms with Gasteiger partial charge in [-0.3, -0.25) is 9.69 Å². The van der Waals surface area contributed by atoms with Gasteiger partial charge < -0.3 is 0 Å². The highest BCUT2D eigenvalue weighted by atomic mass is 16.2. The highest BCUT2D eigenvalue weighted by molar-refractivity contribution is 6.02. The van der Waals surface area contributed by atoms with Gasteiger partial charge in [-0.2, -0.15) is 0 Å². The van der Waals surface area contributed by atoms with E-state index in [-0.39, 0.29) is 17.2 Å². The quantitative estimate of drug-likeness (QED) is 0.652. The normalized spacial score (nSPS) is 12.7. The summed E-state index contributed by atoms with van der Waals surface area (Å²) in [5.74, 6) is 0.169. The number of para-hydroxylation sites is 2. The van der Waals surface area contributed by atoms with Crippen LogP contribution in [-0.4, -0.2) is 5.91 Å². The van der Waals surface area contributed by atoms with Crippen LogP contribution in [0.2, 0.25) is 0 Å². The second kappa shape index (κ2) is 7.65. The van der Waals surface area contributed by atoms with Crippen molar-refractivity contribution in [3.8, 4) is 0 Å². The zero-order valence-corrected chi connectivity index (χ0v) is 15.5. The molecule has 24 heavy (non-hydrogen) atoms. The van der Waals surface area contributed by atoms with Gasteiger partial charge in [-0.1, -0.05) is 77.4 Å². The van der Waals surface area contributed by atoms with Crippen LogP contribution < -0.4 is 4.90 Å². The number of carbonyl (C=O) groups is 1. The number of carbonyl (C=O) groups excluding carboxylic acids is 1. The number of benzene rings is 2. The lowest BCUT2D eigenvalue weighted by molar-refractivity contribution is -0.121. The fraction of sp³-hybridized carbons (Fsp3) is 0.409. The van der Waals surface area contributed by atoms with Crippen molar-refractivity contribution in [3.05, 3.63) is 60.2 Å². The second-order valence-electron chi connectivity index (χ2n) is 7.47. The predicted molar refractivity (Wildman–Crippen MR) is 103 cm³/mol. The van der Waals surface area contributed by atoms with Crippen LogP contribution in [0.1, 0.15) is 53.0 Å². The Morgan fingerprint density at radius 2 is 1.58 bits per heavy atom. The Balaban J connectivity index is 2.58. The van der Waals surface area contributed by atoms with Gasteiger partial charge in [-0.15, -0.1) is 0 Å². The standard InChI is InChI=1S/C22H29NO/c1-6-12-17(2)21(24)23(18-13-8-7-9-14-18)20-16-11-10-15-19(20)22(3,4)5/h7-11,13-17H,6,12H2,1-5H3/t17-/m1/s1. The van der Waals surface area contributed by atoms with Crippen LogP contribution in [-0.2, 0) is 10.2 Å². The number of rotatable bonds is 5. The maximum absolute atomic E-state index is 13.2. The highest BCUT2D eigenvalue weighted by Gasteiger charge is 2.28. The van der Waals surface area contributed by atoms with E-state index in [1.54, 1.807) is 0 Å². The fourth-order valence-corrected chi connectivity index (χ4v) is 3.04. The second-order valence-corrected chi connectivity index (χ2v) is 7.47. The van der Waals surface area contributed by atoms with Gasteiger partial charge in [0.1, 0.15) is 0 Å². The maximum Gasteiger partial charge on any atom is 0.234 e. The molecule has 2 heteroatoms. The summed E-state index contributed by atoms with van der Waals surface area (Å²) in [7, 11) is 0. The summed E-state index contributed by atoms with van der Waals surface area (Å²) in [5, 5.41) is 0. The molecule has 0 aliphatic heterocycles. The van der Waals surface area contributed by atoms with Gasteiger partial charge in [0, 0.05) is 11.6 Å². The van der Waals surface area contributed by atoms with E-state index in [0.717, 1.165) is 24.2 Å². The first kappa shape index (κ1) is 18.3. The minimum atomic E-state index is -0.0299. The van der Waals surface area contributed by atoms with E-state index in [9.17, 15) is 4.79 Å². The van der Waals surface area contributed by atoms with Crippen molar-refractivity contribution < 1.29 is 4.79 Å². The van der Waals surface area contributed by atoms with Crippen molar-refractivity contribution in [1.29, 1.82) is 0 Å². The largest absolute Gasteiger partial charge is 0.281 e. The monoisotopic (exact) mass is 323 g/mol. The van der Waals surface area contributed by atoms with Crippen LogP contribution in [0.15, 0.2) is 54.6 Å². The fourth-order valence-electron chi connectivity index (χ4n) is 3.04. The van der Waals surface area contributed by atoms with Gasteiger partial charge in [0.2, 0.25) is 5.91 Å².